The lowest BCUT2D eigenvalue weighted by molar-refractivity contribution is -0.134. The average Bonchev–Trinajstić information content (AvgIpc) is 3.45. The Morgan fingerprint density at radius 1 is 1.12 bits per heavy atom. The van der Waals surface area contributed by atoms with Gasteiger partial charge < -0.3 is 19.7 Å². The van der Waals surface area contributed by atoms with Crippen molar-refractivity contribution in [2.24, 2.45) is 5.92 Å². The molecule has 24 heavy (non-hydrogen) atoms. The topological polar surface area (TPSA) is 67.9 Å². The maximum absolute atomic E-state index is 12.3. The molecule has 130 valence electrons. The molecule has 1 aromatic rings. The van der Waals surface area contributed by atoms with Crippen LogP contribution in [0, 0.1) is 5.92 Å². The minimum absolute atomic E-state index is 0.000523. The largest absolute Gasteiger partial charge is 0.493 e. The van der Waals surface area contributed by atoms with Gasteiger partial charge in [0.2, 0.25) is 5.91 Å². The van der Waals surface area contributed by atoms with Gasteiger partial charge in [0, 0.05) is 25.0 Å². The number of hydrogen-bond donors (Lipinski definition) is 1. The van der Waals surface area contributed by atoms with Gasteiger partial charge in [-0.25, -0.2) is 0 Å². The zero-order valence-corrected chi connectivity index (χ0v) is 14.0. The van der Waals surface area contributed by atoms with Gasteiger partial charge in [-0.1, -0.05) is 12.1 Å². The summed E-state index contributed by atoms with van der Waals surface area (Å²) >= 11 is 0. The van der Waals surface area contributed by atoms with Gasteiger partial charge in [0.15, 0.2) is 18.1 Å². The van der Waals surface area contributed by atoms with Crippen LogP contribution in [0.5, 0.6) is 11.5 Å². The second kappa shape index (κ2) is 7.55. The molecule has 0 bridgehead atoms. The molecule has 6 nitrogen and oxygen atoms in total. The van der Waals surface area contributed by atoms with Crippen molar-refractivity contribution in [2.75, 3.05) is 26.8 Å². The summed E-state index contributed by atoms with van der Waals surface area (Å²) in [6, 6.07) is 7.47. The summed E-state index contributed by atoms with van der Waals surface area (Å²) < 4.78 is 10.8. The first-order valence-electron chi connectivity index (χ1n) is 8.51. The third-order valence-electron chi connectivity index (χ3n) is 4.56. The Bertz CT molecular complexity index is 592. The molecule has 1 saturated heterocycles. The molecule has 0 spiro atoms. The molecule has 1 aromatic carbocycles. The Balaban J connectivity index is 1.42. The number of para-hydroxylation sites is 2. The van der Waals surface area contributed by atoms with Gasteiger partial charge in [-0.05, 0) is 37.8 Å². The summed E-state index contributed by atoms with van der Waals surface area (Å²) in [4.78, 5) is 25.9. The fraction of sp³-hybridized carbons (Fsp3) is 0.556. The standard InChI is InChI=1S/C18H24N2O4/c1-23-15-4-2-3-5-16(15)24-12-17(21)20-10-8-14(9-11-20)19-18(22)13-6-7-13/h2-5,13-14H,6-12H2,1H3,(H,19,22). The third-order valence-corrected chi connectivity index (χ3v) is 4.56. The number of ether oxygens (including phenoxy) is 2. The number of methoxy groups -OCH3 is 1. The highest BCUT2D eigenvalue weighted by Crippen LogP contribution is 2.29. The Morgan fingerprint density at radius 3 is 2.42 bits per heavy atom. The molecule has 1 aliphatic carbocycles. The molecule has 2 aliphatic rings. The fourth-order valence-corrected chi connectivity index (χ4v) is 2.91. The molecule has 2 amide bonds. The first-order valence-corrected chi connectivity index (χ1v) is 8.51. The zero-order valence-electron chi connectivity index (χ0n) is 14.0. The van der Waals surface area contributed by atoms with E-state index in [1.54, 1.807) is 24.1 Å². The summed E-state index contributed by atoms with van der Waals surface area (Å²) in [6.45, 7) is 1.31. The van der Waals surface area contributed by atoms with Crippen molar-refractivity contribution in [3.05, 3.63) is 24.3 Å². The molecule has 2 fully saturated rings. The van der Waals surface area contributed by atoms with Crippen LogP contribution in [0.3, 0.4) is 0 Å². The monoisotopic (exact) mass is 332 g/mol. The molecular formula is C18H24N2O4. The van der Waals surface area contributed by atoms with Crippen LogP contribution in [0.2, 0.25) is 0 Å². The number of likely N-dealkylation sites (tertiary alicyclic amines) is 1. The van der Waals surface area contributed by atoms with Gasteiger partial charge in [0.1, 0.15) is 0 Å². The van der Waals surface area contributed by atoms with Crippen LogP contribution >= 0.6 is 0 Å². The second-order valence-corrected chi connectivity index (χ2v) is 6.38. The predicted molar refractivity (Wildman–Crippen MR) is 89.0 cm³/mol. The number of amides is 2. The molecule has 1 saturated carbocycles. The number of hydrogen-bond acceptors (Lipinski definition) is 4. The highest BCUT2D eigenvalue weighted by atomic mass is 16.5. The van der Waals surface area contributed by atoms with Crippen molar-refractivity contribution >= 4 is 11.8 Å². The summed E-state index contributed by atoms with van der Waals surface area (Å²) in [5.74, 6) is 1.57. The molecule has 0 unspecified atom stereocenters. The van der Waals surface area contributed by atoms with E-state index in [1.807, 2.05) is 12.1 Å². The molecule has 1 N–H and O–H groups in total. The number of nitrogens with one attached hydrogen (secondary N) is 1. The zero-order chi connectivity index (χ0) is 16.9. The average molecular weight is 332 g/mol. The lowest BCUT2D eigenvalue weighted by Gasteiger charge is -2.32. The molecule has 6 heteroatoms. The normalized spacial score (nSPS) is 18.1. The predicted octanol–water partition coefficient (Wildman–Crippen LogP) is 1.59. The van der Waals surface area contributed by atoms with Crippen LogP contribution < -0.4 is 14.8 Å². The van der Waals surface area contributed by atoms with E-state index in [0.717, 1.165) is 25.7 Å². The van der Waals surface area contributed by atoms with Crippen LogP contribution in [-0.2, 0) is 9.59 Å². The first kappa shape index (κ1) is 16.6. The van der Waals surface area contributed by atoms with Crippen molar-refractivity contribution in [2.45, 2.75) is 31.7 Å². The van der Waals surface area contributed by atoms with Gasteiger partial charge in [-0.2, -0.15) is 0 Å². The van der Waals surface area contributed by atoms with E-state index < -0.39 is 0 Å². The van der Waals surface area contributed by atoms with Crippen LogP contribution in [0.4, 0.5) is 0 Å². The number of rotatable bonds is 6. The Morgan fingerprint density at radius 2 is 1.79 bits per heavy atom. The number of carbonyl (C=O) groups is 2. The lowest BCUT2D eigenvalue weighted by atomic mass is 10.0. The fourth-order valence-electron chi connectivity index (χ4n) is 2.91. The van der Waals surface area contributed by atoms with E-state index in [0.29, 0.717) is 24.6 Å². The lowest BCUT2D eigenvalue weighted by Crippen LogP contribution is -2.48. The van der Waals surface area contributed by atoms with Crippen LogP contribution in [0.1, 0.15) is 25.7 Å². The van der Waals surface area contributed by atoms with Crippen LogP contribution in [0.25, 0.3) is 0 Å². The smallest absolute Gasteiger partial charge is 0.260 e. The van der Waals surface area contributed by atoms with E-state index in [1.165, 1.54) is 0 Å². The van der Waals surface area contributed by atoms with Crippen molar-refractivity contribution in [3.63, 3.8) is 0 Å². The molecule has 1 heterocycles. The number of nitrogens with zero attached hydrogens (tertiary/aromatic N) is 1. The van der Waals surface area contributed by atoms with Gasteiger partial charge >= 0.3 is 0 Å². The first-order chi connectivity index (χ1) is 11.7. The number of carbonyl (C=O) groups excluding carboxylic acids is 2. The van der Waals surface area contributed by atoms with Crippen LogP contribution in [0.15, 0.2) is 24.3 Å². The summed E-state index contributed by atoms with van der Waals surface area (Å²) in [5, 5.41) is 3.09. The van der Waals surface area contributed by atoms with E-state index in [2.05, 4.69) is 5.32 Å². The highest BCUT2D eigenvalue weighted by molar-refractivity contribution is 5.81. The van der Waals surface area contributed by atoms with Crippen molar-refractivity contribution in [1.82, 2.24) is 10.2 Å². The summed E-state index contributed by atoms with van der Waals surface area (Å²) in [6.07, 6.45) is 3.64. The van der Waals surface area contributed by atoms with E-state index in [4.69, 9.17) is 9.47 Å². The molecule has 0 atom stereocenters. The minimum atomic E-state index is -0.0344. The van der Waals surface area contributed by atoms with Gasteiger partial charge in [0.05, 0.1) is 7.11 Å². The third kappa shape index (κ3) is 4.19. The van der Waals surface area contributed by atoms with Crippen molar-refractivity contribution in [3.8, 4) is 11.5 Å². The van der Waals surface area contributed by atoms with E-state index >= 15 is 0 Å². The SMILES string of the molecule is COc1ccccc1OCC(=O)N1CCC(NC(=O)C2CC2)CC1. The van der Waals surface area contributed by atoms with Crippen molar-refractivity contribution < 1.29 is 19.1 Å². The molecule has 0 aromatic heterocycles. The molecule has 3 rings (SSSR count). The minimum Gasteiger partial charge on any atom is -0.493 e. The number of benzene rings is 1. The van der Waals surface area contributed by atoms with E-state index in [9.17, 15) is 9.59 Å². The van der Waals surface area contributed by atoms with Crippen molar-refractivity contribution in [1.29, 1.82) is 0 Å². The molecular weight excluding hydrogens is 308 g/mol. The Kier molecular flexibility index (Phi) is 5.23. The Labute approximate surface area is 142 Å². The molecule has 1 aliphatic heterocycles. The second-order valence-electron chi connectivity index (χ2n) is 6.38. The van der Waals surface area contributed by atoms with Gasteiger partial charge in [0.25, 0.3) is 5.91 Å². The maximum atomic E-state index is 12.3. The van der Waals surface area contributed by atoms with Gasteiger partial charge in [-0.3, -0.25) is 9.59 Å². The molecule has 0 radical (unpaired) electrons. The quantitative estimate of drug-likeness (QED) is 0.859. The van der Waals surface area contributed by atoms with Crippen LogP contribution in [-0.4, -0.2) is 49.6 Å². The highest BCUT2D eigenvalue weighted by Gasteiger charge is 2.32. The number of piperidine rings is 1. The maximum Gasteiger partial charge on any atom is 0.260 e. The Hall–Kier alpha value is -2.24. The summed E-state index contributed by atoms with van der Waals surface area (Å²) in [7, 11) is 1.57. The van der Waals surface area contributed by atoms with E-state index in [-0.39, 0.29) is 30.4 Å². The van der Waals surface area contributed by atoms with Gasteiger partial charge in [-0.15, -0.1) is 0 Å². The summed E-state index contributed by atoms with van der Waals surface area (Å²) in [5.41, 5.74) is 0.